The van der Waals surface area contributed by atoms with Crippen molar-refractivity contribution >= 4 is 27.7 Å². The Labute approximate surface area is 212 Å². The standard InChI is InChI=1S/C29H29N5O3/c1-15-12-31-24-11-17(23-14-34(3)29(37)26-20(23)8-9-30-26)10-21(25(15)24)27(35)32-13-22-19-7-5-4-6-18(19)16(2)33-28(22)36/h8-12,14,30-31H,4-7,13H2,1-3H3,(H,32,35)(H,33,36). The fourth-order valence-electron chi connectivity index (χ4n) is 5.83. The summed E-state index contributed by atoms with van der Waals surface area (Å²) in [4.78, 5) is 48.4. The molecular weight excluding hydrogens is 466 g/mol. The fourth-order valence-corrected chi connectivity index (χ4v) is 5.83. The SMILES string of the molecule is Cc1[nH]c(=O)c(CNC(=O)c2cc(-c3cn(C)c(=O)c4[nH]ccc34)cc3[nH]cc(C)c23)c2c1CCCC2. The van der Waals surface area contributed by atoms with Crippen molar-refractivity contribution in [2.45, 2.75) is 46.1 Å². The minimum absolute atomic E-state index is 0.106. The van der Waals surface area contributed by atoms with Crippen LogP contribution >= 0.6 is 0 Å². The van der Waals surface area contributed by atoms with Gasteiger partial charge in [0.05, 0.1) is 0 Å². The van der Waals surface area contributed by atoms with Crippen LogP contribution in [-0.4, -0.2) is 25.4 Å². The number of benzene rings is 1. The van der Waals surface area contributed by atoms with E-state index in [1.165, 1.54) is 5.56 Å². The summed E-state index contributed by atoms with van der Waals surface area (Å²) < 4.78 is 1.55. The molecule has 1 aromatic carbocycles. The first-order chi connectivity index (χ1) is 17.8. The van der Waals surface area contributed by atoms with E-state index in [1.54, 1.807) is 24.0 Å². The van der Waals surface area contributed by atoms with Crippen molar-refractivity contribution in [3.63, 3.8) is 0 Å². The van der Waals surface area contributed by atoms with Gasteiger partial charge >= 0.3 is 0 Å². The predicted octanol–water partition coefficient (Wildman–Crippen LogP) is 4.13. The molecule has 0 bridgehead atoms. The molecule has 0 atom stereocenters. The van der Waals surface area contributed by atoms with Crippen molar-refractivity contribution in [3.8, 4) is 11.1 Å². The van der Waals surface area contributed by atoms with E-state index in [9.17, 15) is 14.4 Å². The number of hydrogen-bond acceptors (Lipinski definition) is 3. The van der Waals surface area contributed by atoms with Crippen LogP contribution in [0.1, 0.15) is 51.1 Å². The Morgan fingerprint density at radius 2 is 1.86 bits per heavy atom. The highest BCUT2D eigenvalue weighted by Gasteiger charge is 2.21. The van der Waals surface area contributed by atoms with E-state index in [-0.39, 0.29) is 23.6 Å². The lowest BCUT2D eigenvalue weighted by Crippen LogP contribution is -2.30. The first-order valence-corrected chi connectivity index (χ1v) is 12.6. The smallest absolute Gasteiger partial charge is 0.274 e. The Kier molecular flexibility index (Phi) is 5.40. The van der Waals surface area contributed by atoms with E-state index >= 15 is 0 Å². The lowest BCUT2D eigenvalue weighted by Gasteiger charge is -2.21. The average Bonchev–Trinajstić information content (AvgIpc) is 3.53. The maximum Gasteiger partial charge on any atom is 0.274 e. The fraction of sp³-hybridized carbons (Fsp3) is 0.276. The summed E-state index contributed by atoms with van der Waals surface area (Å²) in [6.45, 7) is 4.09. The topological polar surface area (TPSA) is 116 Å². The molecule has 37 heavy (non-hydrogen) atoms. The molecule has 6 rings (SSSR count). The summed E-state index contributed by atoms with van der Waals surface area (Å²) in [5, 5.41) is 4.68. The van der Waals surface area contributed by atoms with Gasteiger partial charge in [-0.15, -0.1) is 0 Å². The molecule has 0 fully saturated rings. The van der Waals surface area contributed by atoms with Crippen LogP contribution in [0.5, 0.6) is 0 Å². The lowest BCUT2D eigenvalue weighted by atomic mass is 9.88. The third kappa shape index (κ3) is 3.71. The number of fused-ring (bicyclic) bond motifs is 3. The average molecular weight is 496 g/mol. The number of nitrogens with one attached hydrogen (secondary N) is 4. The van der Waals surface area contributed by atoms with E-state index in [0.29, 0.717) is 16.6 Å². The number of pyridine rings is 2. The molecule has 8 nitrogen and oxygen atoms in total. The monoisotopic (exact) mass is 495 g/mol. The van der Waals surface area contributed by atoms with Gasteiger partial charge in [-0.1, -0.05) is 0 Å². The largest absolute Gasteiger partial charge is 0.361 e. The van der Waals surface area contributed by atoms with Gasteiger partial charge in [-0.3, -0.25) is 14.4 Å². The summed E-state index contributed by atoms with van der Waals surface area (Å²) >= 11 is 0. The normalized spacial score (nSPS) is 13.3. The molecule has 8 heteroatoms. The van der Waals surface area contributed by atoms with Crippen molar-refractivity contribution in [2.75, 3.05) is 0 Å². The number of aromatic nitrogens is 4. The number of H-pyrrole nitrogens is 3. The highest BCUT2D eigenvalue weighted by molar-refractivity contribution is 6.10. The predicted molar refractivity (Wildman–Crippen MR) is 145 cm³/mol. The van der Waals surface area contributed by atoms with Crippen LogP contribution in [0.3, 0.4) is 0 Å². The molecule has 0 spiro atoms. The summed E-state index contributed by atoms with van der Waals surface area (Å²) in [6, 6.07) is 5.76. The summed E-state index contributed by atoms with van der Waals surface area (Å²) in [7, 11) is 1.72. The molecule has 4 aromatic heterocycles. The van der Waals surface area contributed by atoms with E-state index in [4.69, 9.17) is 0 Å². The Hall–Kier alpha value is -4.33. The van der Waals surface area contributed by atoms with Gasteiger partial charge in [0.1, 0.15) is 5.52 Å². The maximum absolute atomic E-state index is 13.6. The van der Waals surface area contributed by atoms with E-state index in [2.05, 4.69) is 20.3 Å². The van der Waals surface area contributed by atoms with Crippen LogP contribution in [0.25, 0.3) is 32.9 Å². The van der Waals surface area contributed by atoms with Crippen LogP contribution in [0.15, 0.2) is 46.4 Å². The Bertz CT molecular complexity index is 1830. The van der Waals surface area contributed by atoms with Gasteiger partial charge in [0.15, 0.2) is 0 Å². The lowest BCUT2D eigenvalue weighted by molar-refractivity contribution is 0.0952. The van der Waals surface area contributed by atoms with Crippen LogP contribution in [0.4, 0.5) is 0 Å². The molecule has 0 unspecified atom stereocenters. The second-order valence-corrected chi connectivity index (χ2v) is 10.0. The van der Waals surface area contributed by atoms with E-state index < -0.39 is 0 Å². The molecular formula is C29H29N5O3. The number of aryl methyl sites for hydroxylation is 3. The zero-order valence-electron chi connectivity index (χ0n) is 21.2. The number of carbonyl (C=O) groups excluding carboxylic acids is 1. The molecule has 188 valence electrons. The molecule has 5 aromatic rings. The Morgan fingerprint density at radius 1 is 1.08 bits per heavy atom. The van der Waals surface area contributed by atoms with Crippen molar-refractivity contribution in [1.29, 1.82) is 0 Å². The molecule has 4 heterocycles. The first kappa shape index (κ1) is 23.1. The third-order valence-corrected chi connectivity index (χ3v) is 7.71. The Balaban J connectivity index is 1.43. The third-order valence-electron chi connectivity index (χ3n) is 7.71. The number of hydrogen-bond donors (Lipinski definition) is 4. The van der Waals surface area contributed by atoms with E-state index in [1.807, 2.05) is 38.2 Å². The number of rotatable bonds is 4. The van der Waals surface area contributed by atoms with Crippen LogP contribution in [0.2, 0.25) is 0 Å². The van der Waals surface area contributed by atoms with Crippen molar-refractivity contribution in [1.82, 2.24) is 24.8 Å². The summed E-state index contributed by atoms with van der Waals surface area (Å²) in [5.41, 5.74) is 8.18. The second kappa shape index (κ2) is 8.65. The number of carbonyl (C=O) groups is 1. The van der Waals surface area contributed by atoms with Crippen molar-refractivity contribution < 1.29 is 4.79 Å². The zero-order chi connectivity index (χ0) is 25.8. The molecule has 0 saturated heterocycles. The zero-order valence-corrected chi connectivity index (χ0v) is 21.2. The van der Waals surface area contributed by atoms with E-state index in [0.717, 1.165) is 69.9 Å². The first-order valence-electron chi connectivity index (χ1n) is 12.6. The number of nitrogens with zero attached hydrogens (tertiary/aromatic N) is 1. The summed E-state index contributed by atoms with van der Waals surface area (Å²) in [5.74, 6) is -0.241. The maximum atomic E-state index is 13.6. The number of amides is 1. The van der Waals surface area contributed by atoms with Gasteiger partial charge in [0.2, 0.25) is 0 Å². The highest BCUT2D eigenvalue weighted by Crippen LogP contribution is 2.33. The van der Waals surface area contributed by atoms with Gasteiger partial charge in [-0.05, 0) is 80.0 Å². The minimum Gasteiger partial charge on any atom is -0.361 e. The van der Waals surface area contributed by atoms with Crippen LogP contribution in [0, 0.1) is 13.8 Å². The number of aromatic amines is 3. The molecule has 0 radical (unpaired) electrons. The van der Waals surface area contributed by atoms with Crippen molar-refractivity contribution in [2.24, 2.45) is 7.05 Å². The van der Waals surface area contributed by atoms with Gasteiger partial charge in [0, 0.05) is 70.9 Å². The molecule has 1 aliphatic rings. The Morgan fingerprint density at radius 3 is 2.68 bits per heavy atom. The molecule has 4 N–H and O–H groups in total. The van der Waals surface area contributed by atoms with Gasteiger partial charge < -0.3 is 24.8 Å². The van der Waals surface area contributed by atoms with Crippen molar-refractivity contribution in [3.05, 3.63) is 91.0 Å². The summed E-state index contributed by atoms with van der Waals surface area (Å²) in [6.07, 6.45) is 9.42. The minimum atomic E-state index is -0.241. The second-order valence-electron chi connectivity index (χ2n) is 10.0. The van der Waals surface area contributed by atoms with Crippen LogP contribution < -0.4 is 16.4 Å². The molecule has 1 amide bonds. The highest BCUT2D eigenvalue weighted by atomic mass is 16.2. The van der Waals surface area contributed by atoms with Crippen LogP contribution in [-0.2, 0) is 26.4 Å². The molecule has 0 aliphatic heterocycles. The molecule has 0 saturated carbocycles. The van der Waals surface area contributed by atoms with Gasteiger partial charge in [-0.25, -0.2) is 0 Å². The van der Waals surface area contributed by atoms with Gasteiger partial charge in [-0.2, -0.15) is 0 Å². The van der Waals surface area contributed by atoms with Gasteiger partial charge in [0.25, 0.3) is 17.0 Å². The quantitative estimate of drug-likeness (QED) is 0.300. The molecule has 1 aliphatic carbocycles.